The second kappa shape index (κ2) is 8.88. The van der Waals surface area contributed by atoms with Gasteiger partial charge >= 0.3 is 0 Å². The summed E-state index contributed by atoms with van der Waals surface area (Å²) >= 11 is 0. The van der Waals surface area contributed by atoms with Crippen LogP contribution in [-0.2, 0) is 13.5 Å². The summed E-state index contributed by atoms with van der Waals surface area (Å²) in [6, 6.07) is 20.3. The highest BCUT2D eigenvalue weighted by molar-refractivity contribution is 5.93. The van der Waals surface area contributed by atoms with Gasteiger partial charge in [-0.1, -0.05) is 42.5 Å². The number of carbonyl (C=O) groups is 1. The molecule has 0 fully saturated rings. The van der Waals surface area contributed by atoms with E-state index in [0.717, 1.165) is 22.3 Å². The van der Waals surface area contributed by atoms with Gasteiger partial charge < -0.3 is 20.2 Å². The molecule has 3 N–H and O–H groups in total. The number of oxazole rings is 1. The van der Waals surface area contributed by atoms with Crippen molar-refractivity contribution in [3.8, 4) is 17.3 Å². The Kier molecular flexibility index (Phi) is 5.48. The van der Waals surface area contributed by atoms with Crippen molar-refractivity contribution in [1.82, 2.24) is 14.5 Å². The summed E-state index contributed by atoms with van der Waals surface area (Å²) in [5.74, 6) is -0.650. The first-order valence-electron chi connectivity index (χ1n) is 12.2. The van der Waals surface area contributed by atoms with E-state index < -0.39 is 17.2 Å². The molecule has 1 amide bonds. The molecule has 38 heavy (non-hydrogen) atoms. The Morgan fingerprint density at radius 1 is 1.05 bits per heavy atom. The quantitative estimate of drug-likeness (QED) is 0.378. The third-order valence-electron chi connectivity index (χ3n) is 7.14. The minimum absolute atomic E-state index is 0.0282. The molecule has 9 nitrogen and oxygen atoms in total. The number of hydrogen-bond donors (Lipinski definition) is 2. The summed E-state index contributed by atoms with van der Waals surface area (Å²) in [5.41, 5.74) is 10.5. The predicted molar refractivity (Wildman–Crippen MR) is 143 cm³/mol. The summed E-state index contributed by atoms with van der Waals surface area (Å²) in [6.45, 7) is 2.56. The lowest BCUT2D eigenvalue weighted by atomic mass is 9.85. The molecule has 1 aliphatic heterocycles. The Labute approximate surface area is 217 Å². The van der Waals surface area contributed by atoms with Gasteiger partial charge in [-0.2, -0.15) is 0 Å². The van der Waals surface area contributed by atoms with E-state index in [1.807, 2.05) is 60.4 Å². The van der Waals surface area contributed by atoms with Gasteiger partial charge in [0, 0.05) is 19.2 Å². The lowest BCUT2D eigenvalue weighted by Gasteiger charge is -2.39. The molecule has 6 rings (SSSR count). The maximum atomic E-state index is 13.3. The molecular weight excluding hydrogens is 482 g/mol. The first-order valence-corrected chi connectivity index (χ1v) is 12.2. The molecule has 0 unspecified atom stereocenters. The molecule has 0 radical (unpaired) electrons. The van der Waals surface area contributed by atoms with Crippen molar-refractivity contribution in [2.75, 3.05) is 11.4 Å². The molecular formula is C29H25N5O4. The number of amides is 1. The minimum atomic E-state index is -0.618. The zero-order valence-electron chi connectivity index (χ0n) is 20.9. The lowest BCUT2D eigenvalue weighted by Crippen LogP contribution is -2.40. The molecule has 9 heteroatoms. The molecule has 190 valence electrons. The zero-order valence-corrected chi connectivity index (χ0v) is 20.9. The second-order valence-electron chi connectivity index (χ2n) is 9.44. The average Bonchev–Trinajstić information content (AvgIpc) is 3.35. The van der Waals surface area contributed by atoms with Crippen LogP contribution >= 0.6 is 0 Å². The molecule has 0 bridgehead atoms. The largest absolute Gasteiger partial charge is 0.501 e. The van der Waals surface area contributed by atoms with Crippen LogP contribution < -0.4 is 16.2 Å². The van der Waals surface area contributed by atoms with E-state index in [4.69, 9.17) is 15.1 Å². The van der Waals surface area contributed by atoms with Gasteiger partial charge in [-0.15, -0.1) is 0 Å². The topological polar surface area (TPSA) is 127 Å². The molecule has 1 atom stereocenters. The van der Waals surface area contributed by atoms with Gasteiger partial charge in [0.15, 0.2) is 11.3 Å². The van der Waals surface area contributed by atoms with E-state index in [1.165, 1.54) is 4.57 Å². The van der Waals surface area contributed by atoms with Gasteiger partial charge in [-0.3, -0.25) is 14.2 Å². The fourth-order valence-electron chi connectivity index (χ4n) is 5.17. The number of rotatable bonds is 4. The Morgan fingerprint density at radius 3 is 2.58 bits per heavy atom. The Morgan fingerprint density at radius 2 is 1.82 bits per heavy atom. The second-order valence-corrected chi connectivity index (χ2v) is 9.44. The normalized spacial score (nSPS) is 15.0. The van der Waals surface area contributed by atoms with Gasteiger partial charge in [0.2, 0.25) is 17.6 Å². The van der Waals surface area contributed by atoms with Gasteiger partial charge in [0.25, 0.3) is 11.4 Å². The summed E-state index contributed by atoms with van der Waals surface area (Å²) in [6.07, 6.45) is 0.658. The van der Waals surface area contributed by atoms with Crippen molar-refractivity contribution in [3.63, 3.8) is 0 Å². The van der Waals surface area contributed by atoms with Crippen molar-refractivity contribution >= 4 is 23.0 Å². The molecule has 1 aliphatic rings. The fraction of sp³-hybridized carbons (Fsp3) is 0.172. The van der Waals surface area contributed by atoms with E-state index in [-0.39, 0.29) is 17.6 Å². The molecule has 0 spiro atoms. The zero-order chi connectivity index (χ0) is 26.6. The van der Waals surface area contributed by atoms with Crippen molar-refractivity contribution < 1.29 is 14.3 Å². The van der Waals surface area contributed by atoms with Crippen LogP contribution in [0.1, 0.15) is 38.7 Å². The monoisotopic (exact) mass is 507 g/mol. The number of nitrogens with two attached hydrogens (primary N) is 1. The molecule has 2 aromatic heterocycles. The van der Waals surface area contributed by atoms with Gasteiger partial charge in [0.05, 0.1) is 6.04 Å². The number of hydrogen-bond acceptors (Lipinski definition) is 7. The fourth-order valence-corrected chi connectivity index (χ4v) is 5.17. The number of fused-ring (bicyclic) bond motifs is 2. The van der Waals surface area contributed by atoms with Crippen molar-refractivity contribution in [2.24, 2.45) is 12.8 Å². The van der Waals surface area contributed by atoms with Gasteiger partial charge in [-0.05, 0) is 59.9 Å². The average molecular weight is 508 g/mol. The summed E-state index contributed by atoms with van der Waals surface area (Å²) < 4.78 is 7.18. The number of aromatic nitrogens is 3. The Bertz CT molecular complexity index is 1760. The first kappa shape index (κ1) is 23.5. The van der Waals surface area contributed by atoms with Gasteiger partial charge in [0.1, 0.15) is 5.52 Å². The van der Waals surface area contributed by atoms with Crippen LogP contribution in [0.5, 0.6) is 5.75 Å². The third kappa shape index (κ3) is 3.71. The van der Waals surface area contributed by atoms with Crippen LogP contribution in [0.2, 0.25) is 0 Å². The summed E-state index contributed by atoms with van der Waals surface area (Å²) in [5, 5.41) is 10.8. The van der Waals surface area contributed by atoms with E-state index in [2.05, 4.69) is 4.98 Å². The number of benzene rings is 3. The molecule has 0 saturated heterocycles. The lowest BCUT2D eigenvalue weighted by molar-refractivity contribution is 0.1000. The number of primary amides is 1. The van der Waals surface area contributed by atoms with Crippen LogP contribution in [0, 0.1) is 6.92 Å². The van der Waals surface area contributed by atoms with Crippen molar-refractivity contribution in [3.05, 3.63) is 105 Å². The minimum Gasteiger partial charge on any atom is -0.501 e. The molecule has 0 saturated carbocycles. The molecule has 3 aromatic carbocycles. The summed E-state index contributed by atoms with van der Waals surface area (Å²) in [7, 11) is 1.57. The van der Waals surface area contributed by atoms with Crippen LogP contribution in [0.25, 0.3) is 22.7 Å². The van der Waals surface area contributed by atoms with Crippen LogP contribution in [0.3, 0.4) is 0 Å². The SMILES string of the molecule is Cc1ccccc1[C@H]1c2cc(C(N)=O)ccc2CCN1c1nc(-c2nc3ccccc3o2)c(O)c(=O)n1C. The highest BCUT2D eigenvalue weighted by Crippen LogP contribution is 2.40. The van der Waals surface area contributed by atoms with Crippen molar-refractivity contribution in [1.29, 1.82) is 0 Å². The maximum absolute atomic E-state index is 13.3. The van der Waals surface area contributed by atoms with Crippen molar-refractivity contribution in [2.45, 2.75) is 19.4 Å². The number of aromatic hydroxyl groups is 1. The highest BCUT2D eigenvalue weighted by atomic mass is 16.4. The van der Waals surface area contributed by atoms with E-state index in [0.29, 0.717) is 35.6 Å². The van der Waals surface area contributed by atoms with E-state index in [9.17, 15) is 14.7 Å². The smallest absolute Gasteiger partial charge is 0.297 e. The number of aryl methyl sites for hydroxylation is 1. The number of carbonyl (C=O) groups excluding carboxylic acids is 1. The Hall–Kier alpha value is -4.92. The predicted octanol–water partition coefficient (Wildman–Crippen LogP) is 3.85. The number of nitrogens with zero attached hydrogens (tertiary/aromatic N) is 4. The first-order chi connectivity index (χ1) is 18.3. The number of anilines is 1. The van der Waals surface area contributed by atoms with Crippen LogP contribution in [-0.4, -0.2) is 32.1 Å². The maximum Gasteiger partial charge on any atom is 0.297 e. The third-order valence-corrected chi connectivity index (χ3v) is 7.14. The van der Waals surface area contributed by atoms with E-state index >= 15 is 0 Å². The highest BCUT2D eigenvalue weighted by Gasteiger charge is 2.34. The van der Waals surface area contributed by atoms with Crippen LogP contribution in [0.4, 0.5) is 5.95 Å². The summed E-state index contributed by atoms with van der Waals surface area (Å²) in [4.78, 5) is 36.5. The number of para-hydroxylation sites is 2. The molecule has 5 aromatic rings. The van der Waals surface area contributed by atoms with E-state index in [1.54, 1.807) is 25.2 Å². The Balaban J connectivity index is 1.58. The molecule has 3 heterocycles. The van der Waals surface area contributed by atoms with Gasteiger partial charge in [-0.25, -0.2) is 9.97 Å². The molecule has 0 aliphatic carbocycles. The standard InChI is InChI=1S/C29H25N5O4/c1-16-7-3-4-8-19(16)24-20-15-18(26(30)36)12-11-17(20)13-14-34(24)29-32-23(25(35)28(37)33(29)2)27-31-21-9-5-6-10-22(21)38-27/h3-12,15,24,35H,13-14H2,1-2H3,(H2,30,36)/t24-/m0/s1. The van der Waals surface area contributed by atoms with Crippen LogP contribution in [0.15, 0.2) is 75.9 Å².